The normalized spacial score (nSPS) is 23.2. The van der Waals surface area contributed by atoms with Crippen LogP contribution in [0.4, 0.5) is 9.18 Å². The first-order valence-corrected chi connectivity index (χ1v) is 13.7. The summed E-state index contributed by atoms with van der Waals surface area (Å²) in [5.74, 6) is -1.20. The molecule has 2 aromatic heterocycles. The van der Waals surface area contributed by atoms with Gasteiger partial charge in [0.1, 0.15) is 19.0 Å². The summed E-state index contributed by atoms with van der Waals surface area (Å²) in [5, 5.41) is 14.9. The summed E-state index contributed by atoms with van der Waals surface area (Å²) in [7, 11) is 0. The fraction of sp³-hybridized carbons (Fsp3) is 0.448. The number of hydrogen-bond acceptors (Lipinski definition) is 9. The van der Waals surface area contributed by atoms with E-state index in [2.05, 4.69) is 5.32 Å². The summed E-state index contributed by atoms with van der Waals surface area (Å²) in [6.07, 6.45) is 0.370. The second kappa shape index (κ2) is 8.81. The van der Waals surface area contributed by atoms with E-state index < -0.39 is 40.6 Å². The molecule has 0 bridgehead atoms. The number of rotatable bonds is 4. The number of benzene rings is 1. The van der Waals surface area contributed by atoms with Crippen LogP contribution in [0.25, 0.3) is 22.3 Å². The van der Waals surface area contributed by atoms with Gasteiger partial charge >= 0.3 is 12.1 Å². The SMILES string of the molecule is CC[C@]1(O)C(=O)OCc2c1cc1n(c2=O)Cc2c-1nc1cc(F)c(C)c3c1c2[C@H](NC(=O)OCC1(N)COC1)CC3. The zero-order chi connectivity index (χ0) is 28.8. The Balaban J connectivity index is 1.38. The van der Waals surface area contributed by atoms with E-state index in [1.807, 2.05) is 0 Å². The number of amides is 1. The van der Waals surface area contributed by atoms with Crippen LogP contribution in [-0.4, -0.2) is 52.1 Å². The number of aryl methyl sites for hydroxylation is 1. The van der Waals surface area contributed by atoms with Crippen LogP contribution in [0.2, 0.25) is 0 Å². The van der Waals surface area contributed by atoms with Gasteiger partial charge in [-0.1, -0.05) is 6.92 Å². The minimum absolute atomic E-state index is 0.00381. The molecular weight excluding hydrogens is 535 g/mol. The smallest absolute Gasteiger partial charge is 0.407 e. The van der Waals surface area contributed by atoms with Crippen LogP contribution in [0.15, 0.2) is 16.9 Å². The van der Waals surface area contributed by atoms with E-state index in [4.69, 9.17) is 24.9 Å². The number of fused-ring (bicyclic) bond motifs is 5. The second-order valence-electron chi connectivity index (χ2n) is 11.5. The first kappa shape index (κ1) is 26.1. The van der Waals surface area contributed by atoms with Gasteiger partial charge in [-0.25, -0.2) is 19.0 Å². The lowest BCUT2D eigenvalue weighted by molar-refractivity contribution is -0.172. The molecule has 2 atom stereocenters. The van der Waals surface area contributed by atoms with Crippen molar-refractivity contribution in [3.8, 4) is 11.4 Å². The number of nitrogens with one attached hydrogen (secondary N) is 1. The highest BCUT2D eigenvalue weighted by Gasteiger charge is 2.46. The Morgan fingerprint density at radius 1 is 1.29 bits per heavy atom. The van der Waals surface area contributed by atoms with E-state index in [1.54, 1.807) is 19.9 Å². The minimum Gasteiger partial charge on any atom is -0.458 e. The Labute approximate surface area is 233 Å². The number of hydrogen-bond donors (Lipinski definition) is 3. The number of alkyl carbamates (subject to hydrolysis) is 1. The molecule has 0 saturated carbocycles. The number of ether oxygens (including phenoxy) is 3. The van der Waals surface area contributed by atoms with Crippen molar-refractivity contribution >= 4 is 23.0 Å². The molecule has 0 spiro atoms. The summed E-state index contributed by atoms with van der Waals surface area (Å²) < 4.78 is 32.3. The molecule has 41 heavy (non-hydrogen) atoms. The summed E-state index contributed by atoms with van der Waals surface area (Å²) in [6, 6.07) is 2.49. The highest BCUT2D eigenvalue weighted by atomic mass is 19.1. The van der Waals surface area contributed by atoms with Crippen molar-refractivity contribution in [3.63, 3.8) is 0 Å². The molecule has 0 unspecified atom stereocenters. The molecule has 214 valence electrons. The first-order chi connectivity index (χ1) is 19.5. The zero-order valence-corrected chi connectivity index (χ0v) is 22.6. The fourth-order valence-corrected chi connectivity index (χ4v) is 6.54. The van der Waals surface area contributed by atoms with E-state index in [0.717, 1.165) is 16.5 Å². The molecule has 7 rings (SSSR count). The lowest BCUT2D eigenvalue weighted by Gasteiger charge is -2.37. The molecule has 1 fully saturated rings. The summed E-state index contributed by atoms with van der Waals surface area (Å²) in [4.78, 5) is 43.9. The van der Waals surface area contributed by atoms with Gasteiger partial charge in [0, 0.05) is 22.6 Å². The van der Waals surface area contributed by atoms with Crippen molar-refractivity contribution in [1.29, 1.82) is 0 Å². The Bertz CT molecular complexity index is 1750. The van der Waals surface area contributed by atoms with Crippen LogP contribution < -0.4 is 16.6 Å². The summed E-state index contributed by atoms with van der Waals surface area (Å²) >= 11 is 0. The molecule has 3 aliphatic heterocycles. The predicted molar refractivity (Wildman–Crippen MR) is 143 cm³/mol. The van der Waals surface area contributed by atoms with E-state index in [0.29, 0.717) is 54.1 Å². The van der Waals surface area contributed by atoms with Gasteiger partial charge in [-0.15, -0.1) is 0 Å². The minimum atomic E-state index is -1.97. The Kier molecular flexibility index (Phi) is 5.60. The van der Waals surface area contributed by atoms with Crippen LogP contribution in [0.5, 0.6) is 0 Å². The first-order valence-electron chi connectivity index (χ1n) is 13.7. The zero-order valence-electron chi connectivity index (χ0n) is 22.6. The number of aromatic nitrogens is 2. The van der Waals surface area contributed by atoms with Gasteiger partial charge in [0.05, 0.1) is 53.8 Å². The van der Waals surface area contributed by atoms with E-state index >= 15 is 4.39 Å². The molecule has 0 radical (unpaired) electrons. The maximum Gasteiger partial charge on any atom is 0.407 e. The van der Waals surface area contributed by atoms with Crippen LogP contribution in [-0.2, 0) is 44.2 Å². The van der Waals surface area contributed by atoms with Crippen LogP contribution in [0.1, 0.15) is 59.2 Å². The molecule has 5 heterocycles. The third-order valence-corrected chi connectivity index (χ3v) is 8.94. The number of halogens is 1. The Morgan fingerprint density at radius 3 is 2.78 bits per heavy atom. The number of esters is 1. The van der Waals surface area contributed by atoms with Crippen molar-refractivity contribution < 1.29 is 33.3 Å². The predicted octanol–water partition coefficient (Wildman–Crippen LogP) is 1.97. The lowest BCUT2D eigenvalue weighted by atomic mass is 9.81. The van der Waals surface area contributed by atoms with Gasteiger partial charge in [0.2, 0.25) is 0 Å². The highest BCUT2D eigenvalue weighted by molar-refractivity contribution is 5.93. The molecule has 4 aliphatic rings. The number of cyclic esters (lactones) is 1. The van der Waals surface area contributed by atoms with Gasteiger partial charge < -0.3 is 34.9 Å². The van der Waals surface area contributed by atoms with Gasteiger partial charge in [0.25, 0.3) is 5.56 Å². The number of aliphatic hydroxyl groups is 1. The highest BCUT2D eigenvalue weighted by Crippen LogP contribution is 2.46. The summed E-state index contributed by atoms with van der Waals surface area (Å²) in [6.45, 7) is 3.89. The third kappa shape index (κ3) is 3.67. The lowest BCUT2D eigenvalue weighted by Crippen LogP contribution is -2.61. The maximum atomic E-state index is 15.0. The quantitative estimate of drug-likeness (QED) is 0.316. The van der Waals surface area contributed by atoms with Crippen LogP contribution in [0, 0.1) is 12.7 Å². The Hall–Kier alpha value is -3.87. The number of nitrogens with zero attached hydrogens (tertiary/aromatic N) is 2. The average molecular weight is 565 g/mol. The third-order valence-electron chi connectivity index (χ3n) is 8.94. The molecule has 1 aliphatic carbocycles. The maximum absolute atomic E-state index is 15.0. The molecule has 12 heteroatoms. The number of carbonyl (C=O) groups excluding carboxylic acids is 2. The van der Waals surface area contributed by atoms with Crippen LogP contribution in [0.3, 0.4) is 0 Å². The molecule has 3 aromatic rings. The summed E-state index contributed by atoms with van der Waals surface area (Å²) in [5.41, 5.74) is 7.48. The van der Waals surface area contributed by atoms with E-state index in [9.17, 15) is 19.5 Å². The van der Waals surface area contributed by atoms with Crippen molar-refractivity contribution in [2.75, 3.05) is 19.8 Å². The van der Waals surface area contributed by atoms with Gasteiger partial charge in [-0.3, -0.25) is 4.79 Å². The average Bonchev–Trinajstić information content (AvgIpc) is 3.31. The van der Waals surface area contributed by atoms with Gasteiger partial charge in [0.15, 0.2) is 5.60 Å². The second-order valence-corrected chi connectivity index (χ2v) is 11.5. The van der Waals surface area contributed by atoms with Crippen molar-refractivity contribution in [1.82, 2.24) is 14.9 Å². The molecular formula is C29H29FN4O7. The van der Waals surface area contributed by atoms with E-state index in [1.165, 1.54) is 10.6 Å². The van der Waals surface area contributed by atoms with Crippen molar-refractivity contribution in [3.05, 3.63) is 61.7 Å². The standard InChI is InChI=1S/C29H29FN4O7/c1-3-29(38)17-6-21-24-15(8-34(21)25(35)16(17)9-40-26(29)36)23-19(33-27(37)41-12-28(31)10-39-11-28)5-4-14-13(2)18(30)7-20(32-24)22(14)23/h6-7,19,38H,3-5,8-12,31H2,1-2H3,(H,33,37)/t19-,29-/m1/s1. The van der Waals surface area contributed by atoms with Gasteiger partial charge in [-0.2, -0.15) is 0 Å². The monoisotopic (exact) mass is 564 g/mol. The fourth-order valence-electron chi connectivity index (χ4n) is 6.54. The van der Waals surface area contributed by atoms with E-state index in [-0.39, 0.29) is 37.3 Å². The molecule has 4 N–H and O–H groups in total. The largest absolute Gasteiger partial charge is 0.458 e. The number of carbonyl (C=O) groups is 2. The van der Waals surface area contributed by atoms with Crippen LogP contribution >= 0.6 is 0 Å². The number of pyridine rings is 2. The number of nitrogens with two attached hydrogens (primary N) is 1. The van der Waals surface area contributed by atoms with Gasteiger partial charge in [-0.05, 0) is 48.9 Å². The molecule has 1 amide bonds. The molecule has 1 saturated heterocycles. The topological polar surface area (TPSA) is 155 Å². The Morgan fingerprint density at radius 2 is 2.07 bits per heavy atom. The molecule has 1 aromatic carbocycles. The molecule has 11 nitrogen and oxygen atoms in total. The van der Waals surface area contributed by atoms with Crippen molar-refractivity contribution in [2.45, 2.75) is 63.4 Å². The van der Waals surface area contributed by atoms with Crippen molar-refractivity contribution in [2.24, 2.45) is 5.73 Å².